The van der Waals surface area contributed by atoms with Gasteiger partial charge in [-0.3, -0.25) is 9.69 Å². The number of piperidine rings is 3. The van der Waals surface area contributed by atoms with E-state index in [-0.39, 0.29) is 18.0 Å². The van der Waals surface area contributed by atoms with Gasteiger partial charge in [0, 0.05) is 17.9 Å². The first kappa shape index (κ1) is 16.4. The van der Waals surface area contributed by atoms with Crippen molar-refractivity contribution in [2.24, 2.45) is 11.0 Å². The van der Waals surface area contributed by atoms with Crippen molar-refractivity contribution in [3.8, 4) is 11.5 Å². The molecule has 1 amide bonds. The minimum absolute atomic E-state index is 0.0531. The molecule has 2 bridgehead atoms. The highest BCUT2D eigenvalue weighted by molar-refractivity contribution is 5.97. The van der Waals surface area contributed by atoms with Gasteiger partial charge < -0.3 is 9.47 Å². The van der Waals surface area contributed by atoms with Gasteiger partial charge in [-0.2, -0.15) is 5.10 Å². The Morgan fingerprint density at radius 3 is 2.60 bits per heavy atom. The zero-order valence-electron chi connectivity index (χ0n) is 15.1. The summed E-state index contributed by atoms with van der Waals surface area (Å²) in [5, 5.41) is 6.52. The first-order chi connectivity index (χ1) is 12.2. The van der Waals surface area contributed by atoms with E-state index in [1.54, 1.807) is 19.2 Å². The van der Waals surface area contributed by atoms with Crippen LogP contribution in [-0.2, 0) is 4.79 Å². The molecule has 0 saturated carbocycles. The molecular weight excluding hydrogens is 318 g/mol. The van der Waals surface area contributed by atoms with Crippen molar-refractivity contribution in [3.63, 3.8) is 0 Å². The first-order valence-corrected chi connectivity index (χ1v) is 9.04. The molecule has 2 unspecified atom stereocenters. The number of carbonyl (C=O) groups is 1. The second-order valence-electron chi connectivity index (χ2n) is 6.92. The Kier molecular flexibility index (Phi) is 4.15. The fourth-order valence-corrected chi connectivity index (χ4v) is 4.47. The molecule has 4 aliphatic rings. The third-order valence-corrected chi connectivity index (χ3v) is 5.74. The van der Waals surface area contributed by atoms with Gasteiger partial charge in [0.2, 0.25) is 5.91 Å². The SMILES string of the molecule is CCC(=O)N1N=C2C3CCN(CC3)C2C1c1cc(OC)ccc1OC. The van der Waals surface area contributed by atoms with Gasteiger partial charge in [-0.25, -0.2) is 5.01 Å². The second kappa shape index (κ2) is 6.33. The summed E-state index contributed by atoms with van der Waals surface area (Å²) >= 11 is 0. The number of nitrogens with zero attached hydrogens (tertiary/aromatic N) is 3. The smallest absolute Gasteiger partial charge is 0.243 e. The lowest BCUT2D eigenvalue weighted by atomic mass is 9.78. The van der Waals surface area contributed by atoms with Gasteiger partial charge in [0.05, 0.1) is 26.0 Å². The van der Waals surface area contributed by atoms with Gasteiger partial charge in [0.15, 0.2) is 0 Å². The van der Waals surface area contributed by atoms with Crippen molar-refractivity contribution in [1.82, 2.24) is 9.91 Å². The molecule has 25 heavy (non-hydrogen) atoms. The molecule has 4 heterocycles. The van der Waals surface area contributed by atoms with Crippen LogP contribution in [0.1, 0.15) is 37.8 Å². The molecular formula is C19H25N3O3. The largest absolute Gasteiger partial charge is 0.497 e. The molecule has 0 spiro atoms. The van der Waals surface area contributed by atoms with E-state index in [4.69, 9.17) is 14.6 Å². The third kappa shape index (κ3) is 2.51. The minimum atomic E-state index is -0.143. The quantitative estimate of drug-likeness (QED) is 0.843. The van der Waals surface area contributed by atoms with Crippen LogP contribution in [0.2, 0.25) is 0 Å². The molecule has 1 aromatic rings. The van der Waals surface area contributed by atoms with E-state index in [0.717, 1.165) is 43.0 Å². The summed E-state index contributed by atoms with van der Waals surface area (Å²) in [5.74, 6) is 2.10. The summed E-state index contributed by atoms with van der Waals surface area (Å²) in [7, 11) is 3.32. The first-order valence-electron chi connectivity index (χ1n) is 9.04. The number of fused-ring (bicyclic) bond motifs is 2. The van der Waals surface area contributed by atoms with Gasteiger partial charge in [-0.15, -0.1) is 0 Å². The highest BCUT2D eigenvalue weighted by Crippen LogP contribution is 2.46. The Balaban J connectivity index is 1.82. The van der Waals surface area contributed by atoms with Crippen LogP contribution in [0.25, 0.3) is 0 Å². The van der Waals surface area contributed by atoms with Gasteiger partial charge in [0.25, 0.3) is 0 Å². The monoisotopic (exact) mass is 343 g/mol. The summed E-state index contributed by atoms with van der Waals surface area (Å²) in [6.07, 6.45) is 2.73. The van der Waals surface area contributed by atoms with Crippen LogP contribution in [-0.4, -0.2) is 54.9 Å². The van der Waals surface area contributed by atoms with E-state index in [9.17, 15) is 4.79 Å². The van der Waals surface area contributed by atoms with Crippen molar-refractivity contribution in [2.75, 3.05) is 27.3 Å². The van der Waals surface area contributed by atoms with Gasteiger partial charge in [-0.05, 0) is 44.1 Å². The average Bonchev–Trinajstić information content (AvgIpc) is 3.10. The molecule has 0 aliphatic carbocycles. The lowest BCUT2D eigenvalue weighted by Gasteiger charge is -2.46. The van der Waals surface area contributed by atoms with Crippen molar-refractivity contribution in [3.05, 3.63) is 23.8 Å². The minimum Gasteiger partial charge on any atom is -0.497 e. The molecule has 1 aromatic carbocycles. The van der Waals surface area contributed by atoms with Crippen LogP contribution in [0.5, 0.6) is 11.5 Å². The summed E-state index contributed by atoms with van der Waals surface area (Å²) in [4.78, 5) is 15.1. The summed E-state index contributed by atoms with van der Waals surface area (Å²) < 4.78 is 11.0. The van der Waals surface area contributed by atoms with Crippen molar-refractivity contribution >= 4 is 11.6 Å². The number of ether oxygens (including phenoxy) is 2. The molecule has 3 saturated heterocycles. The number of hydrogen-bond donors (Lipinski definition) is 0. The number of methoxy groups -OCH3 is 2. The summed E-state index contributed by atoms with van der Waals surface area (Å²) in [6, 6.07) is 5.80. The van der Waals surface area contributed by atoms with Gasteiger partial charge in [-0.1, -0.05) is 6.92 Å². The Bertz CT molecular complexity index is 710. The van der Waals surface area contributed by atoms with Crippen LogP contribution in [0, 0.1) is 5.92 Å². The zero-order valence-corrected chi connectivity index (χ0v) is 15.1. The lowest BCUT2D eigenvalue weighted by molar-refractivity contribution is -0.133. The zero-order chi connectivity index (χ0) is 17.6. The third-order valence-electron chi connectivity index (χ3n) is 5.74. The Labute approximate surface area is 148 Å². The number of carbonyl (C=O) groups excluding carboxylic acids is 1. The highest BCUT2D eigenvalue weighted by atomic mass is 16.5. The standard InChI is InChI=1S/C19H25N3O3/c1-4-16(23)22-18(14-11-13(24-2)5-6-15(14)25-3)19-17(20-22)12-7-9-21(19)10-8-12/h5-6,11-12,18-19H,4,7-10H2,1-3H3. The van der Waals surface area contributed by atoms with Crippen LogP contribution < -0.4 is 9.47 Å². The Morgan fingerprint density at radius 1 is 1.20 bits per heavy atom. The fourth-order valence-electron chi connectivity index (χ4n) is 4.47. The molecule has 6 nitrogen and oxygen atoms in total. The van der Waals surface area contributed by atoms with Crippen LogP contribution in [0.3, 0.4) is 0 Å². The molecule has 2 atom stereocenters. The maximum absolute atomic E-state index is 12.7. The van der Waals surface area contributed by atoms with E-state index in [1.807, 2.05) is 25.1 Å². The van der Waals surface area contributed by atoms with Crippen molar-refractivity contribution in [1.29, 1.82) is 0 Å². The van der Waals surface area contributed by atoms with E-state index in [2.05, 4.69) is 4.90 Å². The molecule has 0 aromatic heterocycles. The average molecular weight is 343 g/mol. The van der Waals surface area contributed by atoms with E-state index in [1.165, 1.54) is 5.71 Å². The predicted molar refractivity (Wildman–Crippen MR) is 94.9 cm³/mol. The van der Waals surface area contributed by atoms with Gasteiger partial charge >= 0.3 is 0 Å². The predicted octanol–water partition coefficient (Wildman–Crippen LogP) is 2.45. The number of rotatable bonds is 4. The number of amides is 1. The molecule has 134 valence electrons. The maximum Gasteiger partial charge on any atom is 0.243 e. The van der Waals surface area contributed by atoms with Crippen molar-refractivity contribution < 1.29 is 14.3 Å². The fraction of sp³-hybridized carbons (Fsp3) is 0.579. The maximum atomic E-state index is 12.7. The molecule has 3 fully saturated rings. The Hall–Kier alpha value is -2.08. The second-order valence-corrected chi connectivity index (χ2v) is 6.92. The number of benzene rings is 1. The van der Waals surface area contributed by atoms with Crippen molar-refractivity contribution in [2.45, 2.75) is 38.3 Å². The number of hydrogen-bond acceptors (Lipinski definition) is 5. The molecule has 6 heteroatoms. The van der Waals surface area contributed by atoms with E-state index < -0.39 is 0 Å². The van der Waals surface area contributed by atoms with Crippen LogP contribution in [0.15, 0.2) is 23.3 Å². The highest BCUT2D eigenvalue weighted by Gasteiger charge is 2.51. The van der Waals surface area contributed by atoms with E-state index >= 15 is 0 Å². The molecule has 0 radical (unpaired) electrons. The van der Waals surface area contributed by atoms with Crippen LogP contribution >= 0.6 is 0 Å². The van der Waals surface area contributed by atoms with Gasteiger partial charge in [0.1, 0.15) is 17.5 Å². The topological polar surface area (TPSA) is 54.4 Å². The lowest BCUT2D eigenvalue weighted by Crippen LogP contribution is -2.56. The molecule has 4 aliphatic heterocycles. The Morgan fingerprint density at radius 2 is 1.96 bits per heavy atom. The molecule has 0 N–H and O–H groups in total. The van der Waals surface area contributed by atoms with E-state index in [0.29, 0.717) is 12.3 Å². The normalized spacial score (nSPS) is 30.0. The van der Waals surface area contributed by atoms with Crippen LogP contribution in [0.4, 0.5) is 0 Å². The summed E-state index contributed by atoms with van der Waals surface area (Å²) in [5.41, 5.74) is 2.15. The summed E-state index contributed by atoms with van der Waals surface area (Å²) in [6.45, 7) is 4.04. The molecule has 5 rings (SSSR count). The number of hydrazone groups is 1.